The molecule has 0 radical (unpaired) electrons. The third-order valence-electron chi connectivity index (χ3n) is 5.67. The van der Waals surface area contributed by atoms with Crippen molar-refractivity contribution < 1.29 is 18.0 Å². The predicted molar refractivity (Wildman–Crippen MR) is 108 cm³/mol. The van der Waals surface area contributed by atoms with Crippen LogP contribution in [0.5, 0.6) is 0 Å². The molecule has 1 saturated carbocycles. The van der Waals surface area contributed by atoms with Gasteiger partial charge < -0.3 is 10.3 Å². The van der Waals surface area contributed by atoms with E-state index in [9.17, 15) is 22.8 Å². The fourth-order valence-corrected chi connectivity index (χ4v) is 3.99. The van der Waals surface area contributed by atoms with Gasteiger partial charge in [0.15, 0.2) is 0 Å². The zero-order chi connectivity index (χ0) is 21.6. The molecule has 4 rings (SSSR count). The van der Waals surface area contributed by atoms with Crippen LogP contribution in [0.4, 0.5) is 13.2 Å². The van der Waals surface area contributed by atoms with Gasteiger partial charge in [0.05, 0.1) is 12.5 Å². The molecule has 1 amide bonds. The van der Waals surface area contributed by atoms with Crippen LogP contribution in [0.1, 0.15) is 54.0 Å². The zero-order valence-electron chi connectivity index (χ0n) is 16.6. The maximum Gasteiger partial charge on any atom is 0.252 e. The molecule has 1 atom stereocenters. The highest BCUT2D eigenvalue weighted by Gasteiger charge is 2.30. The van der Waals surface area contributed by atoms with Crippen molar-refractivity contribution in [1.29, 1.82) is 0 Å². The van der Waals surface area contributed by atoms with Gasteiger partial charge in [0.25, 0.3) is 5.56 Å². The standard InChI is InChI=1S/C23H21F3N2O2/c1-11-16(10-20(29)27-12(2)15-6-5-14(24)9-18(15)26)23(30)28-19-8-7-17(25)22(21(11)19)13-3-4-13/h5-9,12-13H,3-4,10H2,1-2H3,(H,27,29)(H,28,30)/t12-/m0/s1. The van der Waals surface area contributed by atoms with E-state index in [4.69, 9.17) is 0 Å². The number of amides is 1. The van der Waals surface area contributed by atoms with E-state index < -0.39 is 29.1 Å². The van der Waals surface area contributed by atoms with Crippen molar-refractivity contribution in [2.45, 2.75) is 45.1 Å². The molecule has 30 heavy (non-hydrogen) atoms. The Kier molecular flexibility index (Phi) is 5.13. The first-order valence-electron chi connectivity index (χ1n) is 9.84. The molecule has 0 unspecified atom stereocenters. The number of carbonyl (C=O) groups is 1. The molecule has 156 valence electrons. The lowest BCUT2D eigenvalue weighted by molar-refractivity contribution is -0.121. The molecule has 1 aromatic heterocycles. The molecule has 0 bridgehead atoms. The van der Waals surface area contributed by atoms with E-state index in [-0.39, 0.29) is 29.3 Å². The molecule has 7 heteroatoms. The molecular formula is C23H21F3N2O2. The summed E-state index contributed by atoms with van der Waals surface area (Å²) >= 11 is 0. The maximum absolute atomic E-state index is 14.5. The number of fused-ring (bicyclic) bond motifs is 1. The minimum Gasteiger partial charge on any atom is -0.349 e. The molecule has 0 spiro atoms. The van der Waals surface area contributed by atoms with Gasteiger partial charge in [-0.15, -0.1) is 0 Å². The molecule has 1 fully saturated rings. The third-order valence-corrected chi connectivity index (χ3v) is 5.67. The Hall–Kier alpha value is -3.09. The van der Waals surface area contributed by atoms with Gasteiger partial charge >= 0.3 is 0 Å². The lowest BCUT2D eigenvalue weighted by Gasteiger charge is -2.17. The number of halogens is 3. The summed E-state index contributed by atoms with van der Waals surface area (Å²) in [5, 5.41) is 3.29. The molecule has 1 aliphatic carbocycles. The average Bonchev–Trinajstić information content (AvgIpc) is 3.50. The molecule has 4 nitrogen and oxygen atoms in total. The Labute approximate surface area is 171 Å². The Morgan fingerprint density at radius 3 is 2.57 bits per heavy atom. The fourth-order valence-electron chi connectivity index (χ4n) is 3.99. The molecule has 0 saturated heterocycles. The van der Waals surface area contributed by atoms with Crippen LogP contribution in [0.25, 0.3) is 10.9 Å². The highest BCUT2D eigenvalue weighted by molar-refractivity contribution is 5.89. The first-order chi connectivity index (χ1) is 14.3. The van der Waals surface area contributed by atoms with Crippen LogP contribution in [-0.4, -0.2) is 10.9 Å². The predicted octanol–water partition coefficient (Wildman–Crippen LogP) is 4.55. The molecule has 1 heterocycles. The summed E-state index contributed by atoms with van der Waals surface area (Å²) in [4.78, 5) is 27.9. The van der Waals surface area contributed by atoms with Crippen LogP contribution >= 0.6 is 0 Å². The van der Waals surface area contributed by atoms with Gasteiger partial charge in [0.2, 0.25) is 5.91 Å². The number of aromatic amines is 1. The number of carbonyl (C=O) groups excluding carboxylic acids is 1. The van der Waals surface area contributed by atoms with E-state index in [2.05, 4.69) is 10.3 Å². The molecule has 2 aromatic carbocycles. The van der Waals surface area contributed by atoms with Crippen molar-refractivity contribution in [1.82, 2.24) is 10.3 Å². The van der Waals surface area contributed by atoms with E-state index >= 15 is 0 Å². The van der Waals surface area contributed by atoms with Crippen LogP contribution in [0.3, 0.4) is 0 Å². The number of benzene rings is 2. The Bertz CT molecular complexity index is 1220. The smallest absolute Gasteiger partial charge is 0.252 e. The van der Waals surface area contributed by atoms with Crippen molar-refractivity contribution in [2.24, 2.45) is 0 Å². The average molecular weight is 414 g/mol. The summed E-state index contributed by atoms with van der Waals surface area (Å²) in [5.41, 5.74) is 1.69. The van der Waals surface area contributed by atoms with Crippen molar-refractivity contribution >= 4 is 16.8 Å². The van der Waals surface area contributed by atoms with E-state index in [1.807, 2.05) is 0 Å². The topological polar surface area (TPSA) is 62.0 Å². The van der Waals surface area contributed by atoms with E-state index in [0.717, 1.165) is 25.0 Å². The quantitative estimate of drug-likeness (QED) is 0.643. The summed E-state index contributed by atoms with van der Waals surface area (Å²) in [6.07, 6.45) is 1.56. The minimum absolute atomic E-state index is 0.126. The van der Waals surface area contributed by atoms with Crippen molar-refractivity contribution in [3.8, 4) is 0 Å². The largest absolute Gasteiger partial charge is 0.349 e. The SMILES string of the molecule is Cc1c(CC(=O)N[C@@H](C)c2ccc(F)cc2F)c(=O)[nH]c2ccc(F)c(C3CC3)c12. The number of aromatic nitrogens is 1. The van der Waals surface area contributed by atoms with Crippen LogP contribution in [-0.2, 0) is 11.2 Å². The number of hydrogen-bond acceptors (Lipinski definition) is 2. The van der Waals surface area contributed by atoms with Gasteiger partial charge in [-0.3, -0.25) is 9.59 Å². The molecule has 2 N–H and O–H groups in total. The Morgan fingerprint density at radius 1 is 1.17 bits per heavy atom. The van der Waals surface area contributed by atoms with Gasteiger partial charge in [-0.05, 0) is 56.4 Å². The van der Waals surface area contributed by atoms with Gasteiger partial charge in [0.1, 0.15) is 17.5 Å². The minimum atomic E-state index is -0.757. The van der Waals surface area contributed by atoms with E-state index in [1.54, 1.807) is 13.8 Å². The van der Waals surface area contributed by atoms with Gasteiger partial charge in [-0.25, -0.2) is 13.2 Å². The second-order valence-corrected chi connectivity index (χ2v) is 7.85. The summed E-state index contributed by atoms with van der Waals surface area (Å²) < 4.78 is 41.5. The number of nitrogens with one attached hydrogen (secondary N) is 2. The summed E-state index contributed by atoms with van der Waals surface area (Å²) in [6.45, 7) is 3.29. The highest BCUT2D eigenvalue weighted by Crippen LogP contribution is 2.45. The fraction of sp³-hybridized carbons (Fsp3) is 0.304. The van der Waals surface area contributed by atoms with Crippen LogP contribution in [0.2, 0.25) is 0 Å². The summed E-state index contributed by atoms with van der Waals surface area (Å²) in [6, 6.07) is 5.33. The number of H-pyrrole nitrogens is 1. The third kappa shape index (κ3) is 3.72. The lowest BCUT2D eigenvalue weighted by atomic mass is 9.95. The normalized spacial score (nSPS) is 14.7. The van der Waals surface area contributed by atoms with Gasteiger partial charge in [-0.2, -0.15) is 0 Å². The van der Waals surface area contributed by atoms with Crippen LogP contribution < -0.4 is 10.9 Å². The van der Waals surface area contributed by atoms with Gasteiger partial charge in [0, 0.05) is 33.7 Å². The number of hydrogen-bond donors (Lipinski definition) is 2. The lowest BCUT2D eigenvalue weighted by Crippen LogP contribution is -2.31. The summed E-state index contributed by atoms with van der Waals surface area (Å²) in [5.74, 6) is -2.13. The van der Waals surface area contributed by atoms with E-state index in [0.29, 0.717) is 22.0 Å². The first-order valence-corrected chi connectivity index (χ1v) is 9.84. The number of pyridine rings is 1. The monoisotopic (exact) mass is 414 g/mol. The van der Waals surface area contributed by atoms with E-state index in [1.165, 1.54) is 18.2 Å². The molecule has 3 aromatic rings. The van der Waals surface area contributed by atoms with Crippen molar-refractivity contribution in [2.75, 3.05) is 0 Å². The first kappa shape index (κ1) is 20.2. The Morgan fingerprint density at radius 2 is 1.90 bits per heavy atom. The maximum atomic E-state index is 14.5. The highest BCUT2D eigenvalue weighted by atomic mass is 19.1. The second-order valence-electron chi connectivity index (χ2n) is 7.85. The zero-order valence-corrected chi connectivity index (χ0v) is 16.6. The van der Waals surface area contributed by atoms with Crippen LogP contribution in [0.15, 0.2) is 35.1 Å². The van der Waals surface area contributed by atoms with Crippen molar-refractivity contribution in [3.05, 3.63) is 80.4 Å². The summed E-state index contributed by atoms with van der Waals surface area (Å²) in [7, 11) is 0. The number of rotatable bonds is 5. The molecule has 1 aliphatic rings. The number of aryl methyl sites for hydroxylation is 1. The second kappa shape index (κ2) is 7.63. The Balaban J connectivity index is 1.64. The van der Waals surface area contributed by atoms with Gasteiger partial charge in [-0.1, -0.05) is 6.07 Å². The molecule has 0 aliphatic heterocycles. The van der Waals surface area contributed by atoms with Crippen LogP contribution in [0, 0.1) is 24.4 Å². The van der Waals surface area contributed by atoms with Crippen molar-refractivity contribution in [3.63, 3.8) is 0 Å². The molecular weight excluding hydrogens is 393 g/mol.